The minimum absolute atomic E-state index is 0.167. The number of benzene rings is 2. The third-order valence-corrected chi connectivity index (χ3v) is 7.70. The van der Waals surface area contributed by atoms with Gasteiger partial charge in [0.25, 0.3) is 0 Å². The van der Waals surface area contributed by atoms with Crippen molar-refractivity contribution in [3.63, 3.8) is 0 Å². The Kier molecular flexibility index (Phi) is 9.37. The normalized spacial score (nSPS) is 16.2. The number of unbranched alkanes of at least 4 members (excludes halogenated alkanes) is 5. The Morgan fingerprint density at radius 3 is 2.26 bits per heavy atom. The van der Waals surface area contributed by atoms with Crippen LogP contribution in [0.2, 0.25) is 0 Å². The average molecular weight is 444 g/mol. The molecule has 5 nitrogen and oxygen atoms in total. The topological polar surface area (TPSA) is 84.2 Å². The molecule has 1 aliphatic carbocycles. The van der Waals surface area contributed by atoms with Gasteiger partial charge >= 0.3 is 0 Å². The number of rotatable bonds is 13. The SMILES string of the molecule is Nc1ccccc1S(=O)(=O)NCCCCCCCCNCC1CCc2ccccc2C1. The van der Waals surface area contributed by atoms with Crippen LogP contribution in [0.1, 0.15) is 56.1 Å². The van der Waals surface area contributed by atoms with Crippen molar-refractivity contribution in [1.82, 2.24) is 10.0 Å². The predicted molar refractivity (Wildman–Crippen MR) is 129 cm³/mol. The Bertz CT molecular complexity index is 914. The number of fused-ring (bicyclic) bond motifs is 1. The summed E-state index contributed by atoms with van der Waals surface area (Å²) in [6.07, 6.45) is 10.4. The first-order chi connectivity index (χ1) is 15.1. The number of sulfonamides is 1. The maximum absolute atomic E-state index is 12.3. The molecule has 3 rings (SSSR count). The summed E-state index contributed by atoms with van der Waals surface area (Å²) in [5.41, 5.74) is 9.13. The summed E-state index contributed by atoms with van der Waals surface area (Å²) in [5.74, 6) is 0.768. The van der Waals surface area contributed by atoms with E-state index in [1.54, 1.807) is 24.3 Å². The van der Waals surface area contributed by atoms with Crippen molar-refractivity contribution in [2.24, 2.45) is 5.92 Å². The lowest BCUT2D eigenvalue weighted by Crippen LogP contribution is -2.28. The van der Waals surface area contributed by atoms with Gasteiger partial charge in [-0.05, 0) is 74.4 Å². The number of nitrogens with one attached hydrogen (secondary N) is 2. The zero-order valence-corrected chi connectivity index (χ0v) is 19.3. The highest BCUT2D eigenvalue weighted by Crippen LogP contribution is 2.24. The standard InChI is InChI=1S/C25H37N3O2S/c26-24-13-7-8-14-25(24)31(29,30)28-18-10-4-2-1-3-9-17-27-20-21-15-16-22-11-5-6-12-23(22)19-21/h5-8,11-14,21,27-28H,1-4,9-10,15-20,26H2. The molecule has 0 aromatic heterocycles. The Morgan fingerprint density at radius 2 is 1.48 bits per heavy atom. The fraction of sp³-hybridized carbons (Fsp3) is 0.520. The van der Waals surface area contributed by atoms with E-state index in [9.17, 15) is 8.42 Å². The van der Waals surface area contributed by atoms with Crippen LogP contribution in [-0.4, -0.2) is 28.1 Å². The summed E-state index contributed by atoms with van der Waals surface area (Å²) in [4.78, 5) is 0.167. The second kappa shape index (κ2) is 12.2. The van der Waals surface area contributed by atoms with Gasteiger partial charge in [-0.1, -0.05) is 62.1 Å². The molecule has 31 heavy (non-hydrogen) atoms. The zero-order valence-electron chi connectivity index (χ0n) is 18.5. The van der Waals surface area contributed by atoms with E-state index in [1.165, 1.54) is 49.7 Å². The molecule has 0 fully saturated rings. The van der Waals surface area contributed by atoms with Crippen LogP contribution in [0.3, 0.4) is 0 Å². The van der Waals surface area contributed by atoms with E-state index in [2.05, 4.69) is 34.3 Å². The molecule has 0 heterocycles. The first-order valence-electron chi connectivity index (χ1n) is 11.7. The van der Waals surface area contributed by atoms with Gasteiger partial charge in [-0.15, -0.1) is 0 Å². The van der Waals surface area contributed by atoms with Crippen molar-refractivity contribution in [2.45, 2.75) is 62.7 Å². The highest BCUT2D eigenvalue weighted by Gasteiger charge is 2.17. The van der Waals surface area contributed by atoms with Crippen LogP contribution >= 0.6 is 0 Å². The Morgan fingerprint density at radius 1 is 0.839 bits per heavy atom. The van der Waals surface area contributed by atoms with E-state index in [-0.39, 0.29) is 10.6 Å². The fourth-order valence-electron chi connectivity index (χ4n) is 4.35. The molecule has 0 spiro atoms. The second-order valence-electron chi connectivity index (χ2n) is 8.64. The first-order valence-corrected chi connectivity index (χ1v) is 13.2. The van der Waals surface area contributed by atoms with Gasteiger partial charge in [0.05, 0.1) is 5.69 Å². The minimum Gasteiger partial charge on any atom is -0.398 e. The van der Waals surface area contributed by atoms with E-state index >= 15 is 0 Å². The maximum atomic E-state index is 12.3. The molecule has 0 saturated carbocycles. The van der Waals surface area contributed by atoms with E-state index in [1.807, 2.05) is 0 Å². The van der Waals surface area contributed by atoms with Crippen molar-refractivity contribution in [2.75, 3.05) is 25.4 Å². The number of hydrogen-bond acceptors (Lipinski definition) is 4. The first kappa shape index (κ1) is 23.8. The molecule has 1 unspecified atom stereocenters. The maximum Gasteiger partial charge on any atom is 0.242 e. The van der Waals surface area contributed by atoms with Crippen molar-refractivity contribution >= 4 is 15.7 Å². The zero-order chi connectivity index (χ0) is 21.9. The molecule has 0 bridgehead atoms. The molecular formula is C25H37N3O2S. The molecule has 4 N–H and O–H groups in total. The summed E-state index contributed by atoms with van der Waals surface area (Å²) in [5, 5.41) is 3.65. The molecular weight excluding hydrogens is 406 g/mol. The van der Waals surface area contributed by atoms with Gasteiger partial charge in [0, 0.05) is 6.54 Å². The van der Waals surface area contributed by atoms with E-state index < -0.39 is 10.0 Å². The summed E-state index contributed by atoms with van der Waals surface area (Å²) in [6.45, 7) is 2.68. The van der Waals surface area contributed by atoms with Crippen LogP contribution in [-0.2, 0) is 22.9 Å². The molecule has 170 valence electrons. The number of para-hydroxylation sites is 1. The van der Waals surface area contributed by atoms with Gasteiger partial charge in [-0.2, -0.15) is 0 Å². The highest BCUT2D eigenvalue weighted by atomic mass is 32.2. The molecule has 0 aliphatic heterocycles. The van der Waals surface area contributed by atoms with E-state index in [4.69, 9.17) is 5.73 Å². The lowest BCUT2D eigenvalue weighted by molar-refractivity contribution is 0.420. The van der Waals surface area contributed by atoms with Crippen LogP contribution in [0.25, 0.3) is 0 Å². The monoisotopic (exact) mass is 443 g/mol. The molecule has 0 amide bonds. The Hall–Kier alpha value is -1.89. The summed E-state index contributed by atoms with van der Waals surface area (Å²) in [7, 11) is -3.51. The molecule has 0 radical (unpaired) electrons. The summed E-state index contributed by atoms with van der Waals surface area (Å²) >= 11 is 0. The van der Waals surface area contributed by atoms with Crippen LogP contribution < -0.4 is 15.8 Å². The van der Waals surface area contributed by atoms with Crippen LogP contribution in [0.15, 0.2) is 53.4 Å². The van der Waals surface area contributed by atoms with Crippen molar-refractivity contribution in [3.05, 3.63) is 59.7 Å². The number of hydrogen-bond donors (Lipinski definition) is 3. The lowest BCUT2D eigenvalue weighted by atomic mass is 9.84. The lowest BCUT2D eigenvalue weighted by Gasteiger charge is -2.24. The van der Waals surface area contributed by atoms with Crippen molar-refractivity contribution in [3.8, 4) is 0 Å². The number of aryl methyl sites for hydroxylation is 1. The smallest absolute Gasteiger partial charge is 0.242 e. The summed E-state index contributed by atoms with van der Waals surface area (Å²) in [6, 6.07) is 15.4. The molecule has 2 aromatic rings. The van der Waals surface area contributed by atoms with Gasteiger partial charge in [0.2, 0.25) is 10.0 Å². The summed E-state index contributed by atoms with van der Waals surface area (Å²) < 4.78 is 27.2. The van der Waals surface area contributed by atoms with Crippen LogP contribution in [0.5, 0.6) is 0 Å². The van der Waals surface area contributed by atoms with E-state index in [0.29, 0.717) is 6.54 Å². The molecule has 1 atom stereocenters. The molecule has 2 aromatic carbocycles. The predicted octanol–water partition coefficient (Wildman–Crippen LogP) is 4.28. The Labute approximate surface area is 187 Å². The fourth-order valence-corrected chi connectivity index (χ4v) is 5.55. The molecule has 6 heteroatoms. The van der Waals surface area contributed by atoms with Gasteiger partial charge in [0.1, 0.15) is 4.90 Å². The van der Waals surface area contributed by atoms with Crippen molar-refractivity contribution in [1.29, 1.82) is 0 Å². The quantitative estimate of drug-likeness (QED) is 0.319. The van der Waals surface area contributed by atoms with Crippen LogP contribution in [0.4, 0.5) is 5.69 Å². The average Bonchev–Trinajstić information content (AvgIpc) is 2.77. The van der Waals surface area contributed by atoms with Gasteiger partial charge < -0.3 is 11.1 Å². The molecule has 1 aliphatic rings. The number of nitrogen functional groups attached to an aromatic ring is 1. The minimum atomic E-state index is -3.51. The van der Waals surface area contributed by atoms with E-state index in [0.717, 1.165) is 38.3 Å². The van der Waals surface area contributed by atoms with Gasteiger partial charge in [-0.25, -0.2) is 13.1 Å². The van der Waals surface area contributed by atoms with Crippen molar-refractivity contribution < 1.29 is 8.42 Å². The largest absolute Gasteiger partial charge is 0.398 e. The number of nitrogens with two attached hydrogens (primary N) is 1. The van der Waals surface area contributed by atoms with Crippen LogP contribution in [0, 0.1) is 5.92 Å². The third-order valence-electron chi connectivity index (χ3n) is 6.16. The second-order valence-corrected chi connectivity index (χ2v) is 10.4. The Balaban J connectivity index is 1.17. The van der Waals surface area contributed by atoms with Gasteiger partial charge in [0.15, 0.2) is 0 Å². The number of anilines is 1. The highest BCUT2D eigenvalue weighted by molar-refractivity contribution is 7.89. The molecule has 0 saturated heterocycles. The van der Waals surface area contributed by atoms with Gasteiger partial charge in [-0.3, -0.25) is 0 Å². The third kappa shape index (κ3) is 7.63.